The molecule has 4 atom stereocenters. The first-order valence-corrected chi connectivity index (χ1v) is 14.2. The number of hydrogen-bond donors (Lipinski definition) is 2. The van der Waals surface area contributed by atoms with Crippen molar-refractivity contribution < 1.29 is 29.0 Å². The van der Waals surface area contributed by atoms with Crippen molar-refractivity contribution in [3.8, 4) is 11.3 Å². The summed E-state index contributed by atoms with van der Waals surface area (Å²) in [6, 6.07) is 16.0. The van der Waals surface area contributed by atoms with E-state index in [9.17, 15) is 24.3 Å². The number of benzene rings is 3. The zero-order valence-corrected chi connectivity index (χ0v) is 23.6. The second-order valence-electron chi connectivity index (χ2n) is 9.94. The van der Waals surface area contributed by atoms with Gasteiger partial charge in [-0.25, -0.2) is 4.98 Å². The Hall–Kier alpha value is -3.89. The number of nitrogens with one attached hydrogen (secondary N) is 1. The van der Waals surface area contributed by atoms with Crippen LogP contribution in [0.25, 0.3) is 11.3 Å². The van der Waals surface area contributed by atoms with Crippen LogP contribution in [0.2, 0.25) is 10.0 Å². The molecule has 1 aliphatic carbocycles. The third-order valence-electron chi connectivity index (χ3n) is 7.50. The Morgan fingerprint density at radius 2 is 1.71 bits per heavy atom. The molecule has 3 aromatic carbocycles. The van der Waals surface area contributed by atoms with Gasteiger partial charge in [-0.15, -0.1) is 11.3 Å². The van der Waals surface area contributed by atoms with Crippen LogP contribution in [0.3, 0.4) is 0 Å². The molecule has 0 radical (unpaired) electrons. The van der Waals surface area contributed by atoms with Gasteiger partial charge >= 0.3 is 5.97 Å². The Morgan fingerprint density at radius 3 is 2.37 bits per heavy atom. The van der Waals surface area contributed by atoms with Gasteiger partial charge in [-0.3, -0.25) is 19.2 Å². The Balaban J connectivity index is 1.44. The number of aryl methyl sites for hydroxylation is 1. The SMILES string of the molecule is Cc1ccc2c(c1)C(=O)[C@]1(O[C@@H](c3ccc(Cl)c(Cl)c3)[C@@H](C(=O)Nc3ccc(-c4cscn4)cc3)[C@H]1C(=O)O)C2=O. The van der Waals surface area contributed by atoms with Gasteiger partial charge in [-0.05, 0) is 42.8 Å². The van der Waals surface area contributed by atoms with Gasteiger partial charge in [0.15, 0.2) is 0 Å². The summed E-state index contributed by atoms with van der Waals surface area (Å²) in [5, 5.41) is 15.5. The number of carbonyl (C=O) groups excluding carboxylic acids is 3. The van der Waals surface area contributed by atoms with Crippen LogP contribution in [0.15, 0.2) is 71.6 Å². The number of nitrogens with zero attached hydrogens (tertiary/aromatic N) is 1. The molecule has 11 heteroatoms. The molecular weight excluding hydrogens is 587 g/mol. The van der Waals surface area contributed by atoms with E-state index >= 15 is 0 Å². The molecule has 1 spiro atoms. The van der Waals surface area contributed by atoms with E-state index in [-0.39, 0.29) is 21.2 Å². The van der Waals surface area contributed by atoms with Crippen LogP contribution >= 0.6 is 34.5 Å². The Morgan fingerprint density at radius 1 is 0.976 bits per heavy atom. The van der Waals surface area contributed by atoms with Crippen LogP contribution in [0.4, 0.5) is 5.69 Å². The molecule has 1 aromatic heterocycles. The number of halogens is 2. The maximum Gasteiger partial charge on any atom is 0.311 e. The van der Waals surface area contributed by atoms with E-state index in [0.717, 1.165) is 11.3 Å². The quantitative estimate of drug-likeness (QED) is 0.257. The smallest absolute Gasteiger partial charge is 0.311 e. The molecule has 206 valence electrons. The van der Waals surface area contributed by atoms with Gasteiger partial charge in [-0.1, -0.05) is 59.1 Å². The Labute approximate surface area is 247 Å². The van der Waals surface area contributed by atoms with Crippen molar-refractivity contribution in [2.45, 2.75) is 18.6 Å². The van der Waals surface area contributed by atoms with Crippen molar-refractivity contribution in [1.29, 1.82) is 0 Å². The van der Waals surface area contributed by atoms with Crippen molar-refractivity contribution in [2.24, 2.45) is 11.8 Å². The van der Waals surface area contributed by atoms with Gasteiger partial charge in [0.05, 0.1) is 33.3 Å². The predicted molar refractivity (Wildman–Crippen MR) is 154 cm³/mol. The number of aliphatic carboxylic acids is 1. The molecular formula is C30H20Cl2N2O6S. The lowest BCUT2D eigenvalue weighted by atomic mass is 9.75. The van der Waals surface area contributed by atoms with E-state index in [1.165, 1.54) is 41.7 Å². The number of ketones is 2. The number of ether oxygens (including phenoxy) is 1. The lowest BCUT2D eigenvalue weighted by Crippen LogP contribution is -2.52. The second kappa shape index (κ2) is 10.2. The van der Waals surface area contributed by atoms with Gasteiger partial charge in [0.2, 0.25) is 23.1 Å². The molecule has 1 saturated heterocycles. The van der Waals surface area contributed by atoms with E-state index in [4.69, 9.17) is 27.9 Å². The van der Waals surface area contributed by atoms with Crippen molar-refractivity contribution in [3.05, 3.63) is 104 Å². The average Bonchev–Trinajstić information content (AvgIpc) is 3.66. The van der Waals surface area contributed by atoms with Crippen molar-refractivity contribution in [2.75, 3.05) is 5.32 Å². The molecule has 41 heavy (non-hydrogen) atoms. The fraction of sp³-hybridized carbons (Fsp3) is 0.167. The van der Waals surface area contributed by atoms with Gasteiger partial charge in [-0.2, -0.15) is 0 Å². The maximum atomic E-state index is 13.9. The first kappa shape index (κ1) is 27.3. The second-order valence-corrected chi connectivity index (χ2v) is 11.5. The van der Waals surface area contributed by atoms with Crippen molar-refractivity contribution in [3.63, 3.8) is 0 Å². The Bertz CT molecular complexity index is 1740. The summed E-state index contributed by atoms with van der Waals surface area (Å²) in [7, 11) is 0. The van der Waals surface area contributed by atoms with E-state index < -0.39 is 47.0 Å². The molecule has 1 aliphatic heterocycles. The highest BCUT2D eigenvalue weighted by atomic mass is 35.5. The van der Waals surface area contributed by atoms with Gasteiger partial charge < -0.3 is 15.2 Å². The lowest BCUT2D eigenvalue weighted by Gasteiger charge is -2.25. The third kappa shape index (κ3) is 4.36. The van der Waals surface area contributed by atoms with Crippen molar-refractivity contribution in [1.82, 2.24) is 4.98 Å². The number of Topliss-reactive ketones (excluding diaryl/α,β-unsaturated/α-hetero) is 2. The van der Waals surface area contributed by atoms with Crippen LogP contribution in [0, 0.1) is 18.8 Å². The number of fused-ring (bicyclic) bond motifs is 1. The molecule has 1 fully saturated rings. The highest BCUT2D eigenvalue weighted by Gasteiger charge is 2.71. The molecule has 2 aliphatic rings. The molecule has 0 bridgehead atoms. The number of aromatic nitrogens is 1. The van der Waals surface area contributed by atoms with E-state index in [2.05, 4.69) is 10.3 Å². The number of carbonyl (C=O) groups is 4. The van der Waals surface area contributed by atoms with Crippen LogP contribution < -0.4 is 5.32 Å². The number of rotatable bonds is 5. The molecule has 2 N–H and O–H groups in total. The topological polar surface area (TPSA) is 123 Å². The largest absolute Gasteiger partial charge is 0.481 e. The number of thiazole rings is 1. The predicted octanol–water partition coefficient (Wildman–Crippen LogP) is 6.27. The minimum atomic E-state index is -2.44. The number of carboxylic acid groups (broad SMARTS) is 1. The lowest BCUT2D eigenvalue weighted by molar-refractivity contribution is -0.147. The number of anilines is 1. The maximum absolute atomic E-state index is 13.9. The van der Waals surface area contributed by atoms with Gasteiger partial charge in [0.25, 0.3) is 0 Å². The van der Waals surface area contributed by atoms with Gasteiger partial charge in [0, 0.05) is 27.8 Å². The Kier molecular flexibility index (Phi) is 6.78. The average molecular weight is 607 g/mol. The molecule has 1 amide bonds. The number of carboxylic acids is 1. The summed E-state index contributed by atoms with van der Waals surface area (Å²) in [5.74, 6) is -7.15. The van der Waals surface area contributed by atoms with E-state index in [0.29, 0.717) is 16.8 Å². The fourth-order valence-electron chi connectivity index (χ4n) is 5.60. The highest BCUT2D eigenvalue weighted by molar-refractivity contribution is 7.07. The molecule has 0 saturated carbocycles. The summed E-state index contributed by atoms with van der Waals surface area (Å²) >= 11 is 13.8. The summed E-state index contributed by atoms with van der Waals surface area (Å²) in [6.45, 7) is 1.75. The van der Waals surface area contributed by atoms with E-state index in [1.54, 1.807) is 42.8 Å². The monoisotopic (exact) mass is 606 g/mol. The number of amides is 1. The van der Waals surface area contributed by atoms with Gasteiger partial charge in [0.1, 0.15) is 5.92 Å². The van der Waals surface area contributed by atoms with E-state index in [1.807, 2.05) is 5.38 Å². The van der Waals surface area contributed by atoms with Crippen LogP contribution in [0.5, 0.6) is 0 Å². The third-order valence-corrected chi connectivity index (χ3v) is 8.82. The summed E-state index contributed by atoms with van der Waals surface area (Å²) in [4.78, 5) is 58.8. The molecule has 2 heterocycles. The van der Waals surface area contributed by atoms with Crippen LogP contribution in [-0.2, 0) is 14.3 Å². The zero-order valence-electron chi connectivity index (χ0n) is 21.3. The summed E-state index contributed by atoms with van der Waals surface area (Å²) in [5.41, 5.74) is 2.40. The highest BCUT2D eigenvalue weighted by Crippen LogP contribution is 2.54. The normalized spacial score (nSPS) is 23.1. The summed E-state index contributed by atoms with van der Waals surface area (Å²) < 4.78 is 6.20. The first-order valence-electron chi connectivity index (χ1n) is 12.5. The van der Waals surface area contributed by atoms with Crippen LogP contribution in [-0.4, -0.2) is 39.1 Å². The molecule has 6 rings (SSSR count). The first-order chi connectivity index (χ1) is 19.6. The van der Waals surface area contributed by atoms with Crippen LogP contribution in [0.1, 0.15) is 37.9 Å². The fourth-order valence-corrected chi connectivity index (χ4v) is 6.46. The zero-order chi connectivity index (χ0) is 29.1. The minimum absolute atomic E-state index is 0.0541. The van der Waals surface area contributed by atoms with Crippen molar-refractivity contribution >= 4 is 63.7 Å². The molecule has 8 nitrogen and oxygen atoms in total. The summed E-state index contributed by atoms with van der Waals surface area (Å²) in [6.07, 6.45) is -1.30. The number of hydrogen-bond acceptors (Lipinski definition) is 7. The standard InChI is InChI=1S/C30H20Cl2N2O6S/c1-14-2-8-18-19(10-14)27(36)30(26(18)35)24(29(38)39)23(25(40-30)16-5-9-20(31)21(32)11-16)28(37)34-17-6-3-15(4-7-17)22-12-41-13-33-22/h2-13,23-25H,1H3,(H,34,37)(H,38,39)/t23-,24-,25-,30+/m0/s1. The molecule has 0 unspecified atom stereocenters. The minimum Gasteiger partial charge on any atom is -0.481 e. The molecule has 4 aromatic rings.